The topological polar surface area (TPSA) is 64.3 Å². The van der Waals surface area contributed by atoms with Gasteiger partial charge >= 0.3 is 0 Å². The first kappa shape index (κ1) is 15.2. The molecule has 0 unspecified atom stereocenters. The lowest BCUT2D eigenvalue weighted by Crippen LogP contribution is -2.32. The normalized spacial score (nSPS) is 11.7. The van der Waals surface area contributed by atoms with Crippen LogP contribution in [0.5, 0.6) is 5.75 Å². The van der Waals surface area contributed by atoms with Crippen molar-refractivity contribution in [2.75, 3.05) is 11.1 Å². The number of hydrogen-bond acceptors (Lipinski definition) is 3. The first-order valence-corrected chi connectivity index (χ1v) is 7.05. The Bertz CT molecular complexity index is 617. The summed E-state index contributed by atoms with van der Waals surface area (Å²) in [6.07, 6.45) is -0.00614. The molecule has 0 heterocycles. The molecule has 1 amide bonds. The van der Waals surface area contributed by atoms with Gasteiger partial charge in [-0.25, -0.2) is 0 Å². The van der Waals surface area contributed by atoms with Crippen LogP contribution in [0.3, 0.4) is 0 Å². The van der Waals surface area contributed by atoms with Gasteiger partial charge in [0.05, 0.1) is 10.7 Å². The first-order valence-electron chi connectivity index (χ1n) is 6.67. The van der Waals surface area contributed by atoms with Gasteiger partial charge in [0.2, 0.25) is 0 Å². The highest BCUT2D eigenvalue weighted by molar-refractivity contribution is 6.33. The van der Waals surface area contributed by atoms with Crippen molar-refractivity contribution in [3.8, 4) is 5.75 Å². The Kier molecular flexibility index (Phi) is 5.06. The SMILES string of the molecule is CC[C@H](Oc1ccccc1)C(=O)Nc1ccc(Cl)c(N)c1. The van der Waals surface area contributed by atoms with Crippen molar-refractivity contribution in [3.05, 3.63) is 53.6 Å². The predicted octanol–water partition coefficient (Wildman–Crippen LogP) is 3.72. The molecule has 0 saturated heterocycles. The van der Waals surface area contributed by atoms with Crippen molar-refractivity contribution >= 4 is 28.9 Å². The zero-order valence-corrected chi connectivity index (χ0v) is 12.4. The molecule has 110 valence electrons. The van der Waals surface area contributed by atoms with Crippen LogP contribution >= 0.6 is 11.6 Å². The minimum absolute atomic E-state index is 0.219. The first-order chi connectivity index (χ1) is 10.1. The maximum absolute atomic E-state index is 12.2. The standard InChI is InChI=1S/C16H17ClN2O2/c1-2-15(21-12-6-4-3-5-7-12)16(20)19-11-8-9-13(17)14(18)10-11/h3-10,15H,2,18H2,1H3,(H,19,20)/t15-/m0/s1. The molecule has 2 rings (SSSR count). The van der Waals surface area contributed by atoms with Gasteiger partial charge in [0.15, 0.2) is 6.10 Å². The van der Waals surface area contributed by atoms with E-state index in [1.807, 2.05) is 37.3 Å². The molecule has 2 aromatic rings. The smallest absolute Gasteiger partial charge is 0.265 e. The highest BCUT2D eigenvalue weighted by Gasteiger charge is 2.18. The summed E-state index contributed by atoms with van der Waals surface area (Å²) in [5, 5.41) is 3.24. The predicted molar refractivity (Wildman–Crippen MR) is 85.6 cm³/mol. The van der Waals surface area contributed by atoms with Gasteiger partial charge in [-0.05, 0) is 36.8 Å². The highest BCUT2D eigenvalue weighted by Crippen LogP contribution is 2.23. The van der Waals surface area contributed by atoms with Crippen LogP contribution in [0.15, 0.2) is 48.5 Å². The van der Waals surface area contributed by atoms with Gasteiger partial charge in [-0.15, -0.1) is 0 Å². The zero-order chi connectivity index (χ0) is 15.2. The highest BCUT2D eigenvalue weighted by atomic mass is 35.5. The van der Waals surface area contributed by atoms with Crippen molar-refractivity contribution in [3.63, 3.8) is 0 Å². The number of carbonyl (C=O) groups is 1. The monoisotopic (exact) mass is 304 g/mol. The van der Waals surface area contributed by atoms with E-state index in [2.05, 4.69) is 5.32 Å². The number of ether oxygens (including phenoxy) is 1. The van der Waals surface area contributed by atoms with E-state index >= 15 is 0 Å². The zero-order valence-electron chi connectivity index (χ0n) is 11.7. The number of nitrogens with two attached hydrogens (primary N) is 1. The van der Waals surface area contributed by atoms with Crippen LogP contribution in [0.4, 0.5) is 11.4 Å². The van der Waals surface area contributed by atoms with Crippen molar-refractivity contribution in [1.29, 1.82) is 0 Å². The second-order valence-corrected chi connectivity index (χ2v) is 4.96. The quantitative estimate of drug-likeness (QED) is 0.827. The minimum atomic E-state index is -0.565. The lowest BCUT2D eigenvalue weighted by Gasteiger charge is -2.17. The Morgan fingerprint density at radius 2 is 2.00 bits per heavy atom. The second kappa shape index (κ2) is 6.99. The molecule has 4 nitrogen and oxygen atoms in total. The molecule has 0 aliphatic rings. The van der Waals surface area contributed by atoms with E-state index in [0.717, 1.165) is 0 Å². The van der Waals surface area contributed by atoms with E-state index < -0.39 is 6.10 Å². The van der Waals surface area contributed by atoms with E-state index in [4.69, 9.17) is 22.1 Å². The van der Waals surface area contributed by atoms with Crippen LogP contribution in [0, 0.1) is 0 Å². The number of anilines is 2. The summed E-state index contributed by atoms with van der Waals surface area (Å²) in [6.45, 7) is 1.89. The van der Waals surface area contributed by atoms with Crippen LogP contribution in [0.1, 0.15) is 13.3 Å². The third kappa shape index (κ3) is 4.13. The fourth-order valence-electron chi connectivity index (χ4n) is 1.83. The van der Waals surface area contributed by atoms with Gasteiger partial charge in [0, 0.05) is 5.69 Å². The Morgan fingerprint density at radius 1 is 1.29 bits per heavy atom. The van der Waals surface area contributed by atoms with E-state index in [0.29, 0.717) is 28.6 Å². The summed E-state index contributed by atoms with van der Waals surface area (Å²) in [7, 11) is 0. The average Bonchev–Trinajstić information content (AvgIpc) is 2.49. The number of para-hydroxylation sites is 1. The molecular weight excluding hydrogens is 288 g/mol. The molecule has 0 spiro atoms. The second-order valence-electron chi connectivity index (χ2n) is 4.55. The van der Waals surface area contributed by atoms with Gasteiger partial charge in [-0.2, -0.15) is 0 Å². The van der Waals surface area contributed by atoms with Gasteiger partial charge in [0.1, 0.15) is 5.75 Å². The fourth-order valence-corrected chi connectivity index (χ4v) is 1.95. The largest absolute Gasteiger partial charge is 0.481 e. The summed E-state index contributed by atoms with van der Waals surface area (Å²) in [4.78, 5) is 12.2. The molecule has 0 aliphatic heterocycles. The van der Waals surface area contributed by atoms with Crippen LogP contribution < -0.4 is 15.8 Å². The number of rotatable bonds is 5. The fraction of sp³-hybridized carbons (Fsp3) is 0.188. The van der Waals surface area contributed by atoms with Gasteiger partial charge in [-0.1, -0.05) is 36.7 Å². The van der Waals surface area contributed by atoms with Crippen molar-refractivity contribution < 1.29 is 9.53 Å². The van der Waals surface area contributed by atoms with Crippen molar-refractivity contribution in [1.82, 2.24) is 0 Å². The van der Waals surface area contributed by atoms with E-state index in [9.17, 15) is 4.79 Å². The molecule has 0 aromatic heterocycles. The maximum atomic E-state index is 12.2. The number of halogens is 1. The van der Waals surface area contributed by atoms with Crippen LogP contribution in [-0.4, -0.2) is 12.0 Å². The third-order valence-electron chi connectivity index (χ3n) is 2.95. The van der Waals surface area contributed by atoms with Gasteiger partial charge in [-0.3, -0.25) is 4.79 Å². The minimum Gasteiger partial charge on any atom is -0.481 e. The Balaban J connectivity index is 2.04. The summed E-state index contributed by atoms with van der Waals surface area (Å²) in [5.41, 5.74) is 6.73. The molecule has 2 aromatic carbocycles. The summed E-state index contributed by atoms with van der Waals surface area (Å²) < 4.78 is 5.68. The summed E-state index contributed by atoms with van der Waals surface area (Å²) >= 11 is 5.85. The van der Waals surface area contributed by atoms with Crippen molar-refractivity contribution in [2.45, 2.75) is 19.4 Å². The molecular formula is C16H17ClN2O2. The molecule has 5 heteroatoms. The maximum Gasteiger partial charge on any atom is 0.265 e. The third-order valence-corrected chi connectivity index (χ3v) is 3.29. The Hall–Kier alpha value is -2.20. The number of nitrogens with one attached hydrogen (secondary N) is 1. The van der Waals surface area contributed by atoms with Crippen LogP contribution in [0.2, 0.25) is 5.02 Å². The molecule has 21 heavy (non-hydrogen) atoms. The van der Waals surface area contributed by atoms with E-state index in [1.165, 1.54) is 0 Å². The molecule has 0 bridgehead atoms. The number of benzene rings is 2. The molecule has 0 radical (unpaired) electrons. The van der Waals surface area contributed by atoms with E-state index in [1.54, 1.807) is 18.2 Å². The Morgan fingerprint density at radius 3 is 2.62 bits per heavy atom. The number of nitrogen functional groups attached to an aromatic ring is 1. The lowest BCUT2D eigenvalue weighted by molar-refractivity contribution is -0.122. The Labute approximate surface area is 128 Å². The van der Waals surface area contributed by atoms with Crippen LogP contribution in [-0.2, 0) is 4.79 Å². The van der Waals surface area contributed by atoms with E-state index in [-0.39, 0.29) is 5.91 Å². The molecule has 1 atom stereocenters. The average molecular weight is 305 g/mol. The van der Waals surface area contributed by atoms with Crippen molar-refractivity contribution in [2.24, 2.45) is 0 Å². The van der Waals surface area contributed by atoms with Gasteiger partial charge in [0.25, 0.3) is 5.91 Å². The molecule has 3 N–H and O–H groups in total. The summed E-state index contributed by atoms with van der Waals surface area (Å²) in [5.74, 6) is 0.443. The number of amides is 1. The molecule has 0 saturated carbocycles. The number of hydrogen-bond donors (Lipinski definition) is 2. The lowest BCUT2D eigenvalue weighted by atomic mass is 10.2. The summed E-state index contributed by atoms with van der Waals surface area (Å²) in [6, 6.07) is 14.2. The van der Waals surface area contributed by atoms with Gasteiger partial charge < -0.3 is 15.8 Å². The molecule has 0 aliphatic carbocycles. The van der Waals surface area contributed by atoms with Crippen LogP contribution in [0.25, 0.3) is 0 Å². The molecule has 0 fully saturated rings. The number of carbonyl (C=O) groups excluding carboxylic acids is 1.